The fraction of sp³-hybridized carbons (Fsp3) is 0. The highest BCUT2D eigenvalue weighted by atomic mass is 35.5. The number of hydrogen-bond acceptors (Lipinski definition) is 5. The molecule has 0 unspecified atom stereocenters. The standard InChI is InChI=1S/C17H11Cl2N5O2S/c18-13-2-1-3-15(17(13)19)27(25,26)23-12-6-4-11(5-7-12)14-8-9-16-21-20-10-24(16)22-14/h1-10,23H. The second-order valence-electron chi connectivity index (χ2n) is 5.59. The van der Waals surface area contributed by atoms with Gasteiger partial charge in [-0.1, -0.05) is 41.4 Å². The summed E-state index contributed by atoms with van der Waals surface area (Å²) in [5.74, 6) is 0. The summed E-state index contributed by atoms with van der Waals surface area (Å²) in [6.45, 7) is 0. The molecule has 10 heteroatoms. The van der Waals surface area contributed by atoms with Crippen LogP contribution in [0.15, 0.2) is 65.8 Å². The van der Waals surface area contributed by atoms with E-state index >= 15 is 0 Å². The number of anilines is 1. The number of benzene rings is 2. The predicted molar refractivity (Wildman–Crippen MR) is 103 cm³/mol. The first-order valence-electron chi connectivity index (χ1n) is 7.68. The summed E-state index contributed by atoms with van der Waals surface area (Å²) in [6, 6.07) is 14.9. The molecule has 4 aromatic rings. The summed E-state index contributed by atoms with van der Waals surface area (Å²) < 4.78 is 29.2. The first-order valence-corrected chi connectivity index (χ1v) is 9.92. The molecule has 0 saturated heterocycles. The summed E-state index contributed by atoms with van der Waals surface area (Å²) in [6.07, 6.45) is 1.51. The highest BCUT2D eigenvalue weighted by molar-refractivity contribution is 7.92. The lowest BCUT2D eigenvalue weighted by Crippen LogP contribution is -2.13. The summed E-state index contributed by atoms with van der Waals surface area (Å²) >= 11 is 11.9. The lowest BCUT2D eigenvalue weighted by molar-refractivity contribution is 0.601. The normalized spacial score (nSPS) is 11.6. The van der Waals surface area contributed by atoms with Crippen LogP contribution in [0.25, 0.3) is 16.9 Å². The molecular formula is C17H11Cl2N5O2S. The van der Waals surface area contributed by atoms with E-state index in [2.05, 4.69) is 20.0 Å². The number of rotatable bonds is 4. The van der Waals surface area contributed by atoms with Gasteiger partial charge in [-0.3, -0.25) is 4.72 Å². The van der Waals surface area contributed by atoms with E-state index in [-0.39, 0.29) is 14.9 Å². The Kier molecular flexibility index (Phi) is 4.47. The molecule has 0 spiro atoms. The van der Waals surface area contributed by atoms with Gasteiger partial charge in [0.15, 0.2) is 5.65 Å². The molecule has 0 saturated carbocycles. The molecule has 0 aliphatic carbocycles. The molecule has 0 aliphatic rings. The fourth-order valence-corrected chi connectivity index (χ4v) is 4.31. The maximum atomic E-state index is 12.6. The summed E-state index contributed by atoms with van der Waals surface area (Å²) in [5, 5.41) is 12.2. The Balaban J connectivity index is 1.61. The number of hydrogen-bond donors (Lipinski definition) is 1. The third-order valence-electron chi connectivity index (χ3n) is 3.80. The maximum absolute atomic E-state index is 12.6. The summed E-state index contributed by atoms with van der Waals surface area (Å²) in [4.78, 5) is -0.0829. The molecule has 2 heterocycles. The Bertz CT molecular complexity index is 1240. The third-order valence-corrected chi connectivity index (χ3v) is 6.15. The zero-order valence-electron chi connectivity index (χ0n) is 13.5. The molecule has 0 bridgehead atoms. The quantitative estimate of drug-likeness (QED) is 0.541. The smallest absolute Gasteiger partial charge is 0.263 e. The number of aromatic nitrogens is 4. The number of nitrogens with one attached hydrogen (secondary N) is 1. The Morgan fingerprint density at radius 3 is 2.52 bits per heavy atom. The Morgan fingerprint density at radius 1 is 0.963 bits per heavy atom. The van der Waals surface area contributed by atoms with Crippen molar-refractivity contribution in [2.75, 3.05) is 4.72 Å². The zero-order valence-corrected chi connectivity index (χ0v) is 15.9. The van der Waals surface area contributed by atoms with Crippen LogP contribution in [0, 0.1) is 0 Å². The number of nitrogens with zero attached hydrogens (tertiary/aromatic N) is 4. The van der Waals surface area contributed by atoms with Crippen LogP contribution in [-0.4, -0.2) is 28.2 Å². The van der Waals surface area contributed by atoms with Crippen molar-refractivity contribution < 1.29 is 8.42 Å². The van der Waals surface area contributed by atoms with Crippen LogP contribution >= 0.6 is 23.2 Å². The van der Waals surface area contributed by atoms with Gasteiger partial charge < -0.3 is 0 Å². The van der Waals surface area contributed by atoms with Crippen molar-refractivity contribution in [3.63, 3.8) is 0 Å². The highest BCUT2D eigenvalue weighted by Gasteiger charge is 2.19. The largest absolute Gasteiger partial charge is 0.280 e. The van der Waals surface area contributed by atoms with Gasteiger partial charge in [0.1, 0.15) is 11.2 Å². The van der Waals surface area contributed by atoms with E-state index in [4.69, 9.17) is 23.2 Å². The van der Waals surface area contributed by atoms with E-state index in [0.717, 1.165) is 5.56 Å². The van der Waals surface area contributed by atoms with Crippen molar-refractivity contribution in [2.24, 2.45) is 0 Å². The molecule has 0 radical (unpaired) electrons. The van der Waals surface area contributed by atoms with Gasteiger partial charge >= 0.3 is 0 Å². The Hall–Kier alpha value is -2.68. The van der Waals surface area contributed by atoms with E-state index in [1.54, 1.807) is 34.8 Å². The fourth-order valence-electron chi connectivity index (χ4n) is 2.49. The van der Waals surface area contributed by atoms with Gasteiger partial charge in [-0.05, 0) is 36.4 Å². The first-order chi connectivity index (χ1) is 12.9. The van der Waals surface area contributed by atoms with Crippen LogP contribution in [0.3, 0.4) is 0 Å². The van der Waals surface area contributed by atoms with Crippen molar-refractivity contribution in [2.45, 2.75) is 4.90 Å². The lowest BCUT2D eigenvalue weighted by Gasteiger charge is -2.10. The highest BCUT2D eigenvalue weighted by Crippen LogP contribution is 2.30. The van der Waals surface area contributed by atoms with E-state index in [1.807, 2.05) is 6.07 Å². The molecule has 0 aliphatic heterocycles. The van der Waals surface area contributed by atoms with Gasteiger partial charge in [-0.15, -0.1) is 10.2 Å². The molecule has 0 fully saturated rings. The van der Waals surface area contributed by atoms with Gasteiger partial charge in [-0.25, -0.2) is 8.42 Å². The topological polar surface area (TPSA) is 89.2 Å². The maximum Gasteiger partial charge on any atom is 0.263 e. The van der Waals surface area contributed by atoms with Crippen molar-refractivity contribution >= 4 is 44.6 Å². The molecule has 136 valence electrons. The second-order valence-corrected chi connectivity index (χ2v) is 8.02. The third kappa shape index (κ3) is 3.46. The van der Waals surface area contributed by atoms with Crippen molar-refractivity contribution in [1.82, 2.24) is 19.8 Å². The average molecular weight is 420 g/mol. The molecule has 7 nitrogen and oxygen atoms in total. The van der Waals surface area contributed by atoms with Crippen LogP contribution in [0.2, 0.25) is 10.0 Å². The molecule has 2 aromatic carbocycles. The summed E-state index contributed by atoms with van der Waals surface area (Å²) in [5.41, 5.74) is 2.55. The van der Waals surface area contributed by atoms with Gasteiger partial charge in [0.2, 0.25) is 0 Å². The van der Waals surface area contributed by atoms with E-state index in [0.29, 0.717) is 17.0 Å². The van der Waals surface area contributed by atoms with Crippen LogP contribution in [-0.2, 0) is 10.0 Å². The van der Waals surface area contributed by atoms with Crippen molar-refractivity contribution in [3.8, 4) is 11.3 Å². The molecular weight excluding hydrogens is 409 g/mol. The van der Waals surface area contributed by atoms with Crippen molar-refractivity contribution in [3.05, 3.63) is 71.0 Å². The van der Waals surface area contributed by atoms with Gasteiger partial charge in [-0.2, -0.15) is 9.61 Å². The van der Waals surface area contributed by atoms with Gasteiger partial charge in [0, 0.05) is 11.3 Å². The minimum atomic E-state index is -3.87. The molecule has 4 rings (SSSR count). The van der Waals surface area contributed by atoms with Crippen LogP contribution in [0.5, 0.6) is 0 Å². The SMILES string of the molecule is O=S(=O)(Nc1ccc(-c2ccc3nncn3n2)cc1)c1cccc(Cl)c1Cl. The predicted octanol–water partition coefficient (Wildman–Crippen LogP) is 3.90. The minimum Gasteiger partial charge on any atom is -0.280 e. The molecule has 1 N–H and O–H groups in total. The van der Waals surface area contributed by atoms with Crippen LogP contribution < -0.4 is 4.72 Å². The number of sulfonamides is 1. The summed E-state index contributed by atoms with van der Waals surface area (Å²) in [7, 11) is -3.87. The monoisotopic (exact) mass is 419 g/mol. The van der Waals surface area contributed by atoms with E-state index in [1.165, 1.54) is 24.5 Å². The average Bonchev–Trinajstić information content (AvgIpc) is 3.12. The van der Waals surface area contributed by atoms with E-state index in [9.17, 15) is 8.42 Å². The van der Waals surface area contributed by atoms with E-state index < -0.39 is 10.0 Å². The lowest BCUT2D eigenvalue weighted by atomic mass is 10.1. The Labute approximate surface area is 164 Å². The van der Waals surface area contributed by atoms with Gasteiger partial charge in [0.05, 0.1) is 15.7 Å². The minimum absolute atomic E-state index is 0.0188. The zero-order chi connectivity index (χ0) is 19.0. The number of fused-ring (bicyclic) bond motifs is 1. The van der Waals surface area contributed by atoms with Gasteiger partial charge in [0.25, 0.3) is 10.0 Å². The first kappa shape index (κ1) is 17.7. The molecule has 0 amide bonds. The Morgan fingerprint density at radius 2 is 1.74 bits per heavy atom. The van der Waals surface area contributed by atoms with Crippen LogP contribution in [0.4, 0.5) is 5.69 Å². The molecule has 0 atom stereocenters. The second kappa shape index (κ2) is 6.80. The number of halogens is 2. The molecule has 2 aromatic heterocycles. The van der Waals surface area contributed by atoms with Crippen molar-refractivity contribution in [1.29, 1.82) is 0 Å². The molecule has 27 heavy (non-hydrogen) atoms. The van der Waals surface area contributed by atoms with Crippen LogP contribution in [0.1, 0.15) is 0 Å².